The van der Waals surface area contributed by atoms with E-state index in [4.69, 9.17) is 4.42 Å². The fourth-order valence-electron chi connectivity index (χ4n) is 1.60. The Balaban J connectivity index is 2.11. The van der Waals surface area contributed by atoms with Crippen molar-refractivity contribution in [2.24, 2.45) is 0 Å². The first-order valence-corrected chi connectivity index (χ1v) is 4.73. The van der Waals surface area contributed by atoms with Crippen LogP contribution in [0.4, 0.5) is 10.2 Å². The summed E-state index contributed by atoms with van der Waals surface area (Å²) in [5.74, 6) is 0.743. The standard InChI is InChI=1S/C9H14FN3O/c1-7-11-9(8(10)14-7)13-5-3-12(2)4-6-13/h3-6H2,1-2H3. The summed E-state index contributed by atoms with van der Waals surface area (Å²) in [4.78, 5) is 8.16. The van der Waals surface area contributed by atoms with E-state index in [-0.39, 0.29) is 0 Å². The van der Waals surface area contributed by atoms with Crippen LogP contribution in [0.5, 0.6) is 0 Å². The Hall–Kier alpha value is -1.10. The number of hydrogen-bond acceptors (Lipinski definition) is 4. The molecule has 0 aliphatic carbocycles. The smallest absolute Gasteiger partial charge is 0.322 e. The minimum Gasteiger partial charge on any atom is -0.414 e. The highest BCUT2D eigenvalue weighted by atomic mass is 19.1. The molecular weight excluding hydrogens is 185 g/mol. The van der Waals surface area contributed by atoms with Gasteiger partial charge in [-0.15, -0.1) is 0 Å². The summed E-state index contributed by atoms with van der Waals surface area (Å²) >= 11 is 0. The van der Waals surface area contributed by atoms with Crippen molar-refractivity contribution in [2.75, 3.05) is 38.1 Å². The van der Waals surface area contributed by atoms with Gasteiger partial charge in [0, 0.05) is 33.1 Å². The second kappa shape index (κ2) is 3.57. The van der Waals surface area contributed by atoms with Gasteiger partial charge in [-0.2, -0.15) is 9.37 Å². The lowest BCUT2D eigenvalue weighted by atomic mass is 10.3. The third-order valence-corrected chi connectivity index (χ3v) is 2.48. The molecular formula is C9H14FN3O. The van der Waals surface area contributed by atoms with Gasteiger partial charge in [-0.1, -0.05) is 0 Å². The summed E-state index contributed by atoms with van der Waals surface area (Å²) in [6.07, 6.45) is 0. The van der Waals surface area contributed by atoms with Gasteiger partial charge in [0.05, 0.1) is 0 Å². The number of halogens is 1. The first kappa shape index (κ1) is 9.45. The molecule has 1 aliphatic rings. The van der Waals surface area contributed by atoms with E-state index in [1.54, 1.807) is 6.92 Å². The van der Waals surface area contributed by atoms with Crippen LogP contribution in [0.15, 0.2) is 4.42 Å². The molecule has 5 heteroatoms. The largest absolute Gasteiger partial charge is 0.414 e. The molecule has 78 valence electrons. The van der Waals surface area contributed by atoms with Crippen LogP contribution in [0, 0.1) is 12.9 Å². The third-order valence-electron chi connectivity index (χ3n) is 2.48. The summed E-state index contributed by atoms with van der Waals surface area (Å²) in [6, 6.07) is -0.563. The number of hydrogen-bond donors (Lipinski definition) is 0. The topological polar surface area (TPSA) is 32.5 Å². The minimum absolute atomic E-state index is 0.357. The van der Waals surface area contributed by atoms with Crippen LogP contribution in [-0.4, -0.2) is 43.1 Å². The lowest BCUT2D eigenvalue weighted by Gasteiger charge is -2.31. The van der Waals surface area contributed by atoms with Gasteiger partial charge in [0.25, 0.3) is 0 Å². The Morgan fingerprint density at radius 1 is 1.29 bits per heavy atom. The van der Waals surface area contributed by atoms with Gasteiger partial charge in [0.1, 0.15) is 0 Å². The van der Waals surface area contributed by atoms with E-state index in [1.165, 1.54) is 0 Å². The molecule has 0 aromatic carbocycles. The second-order valence-corrected chi connectivity index (χ2v) is 3.62. The molecule has 0 N–H and O–H groups in total. The summed E-state index contributed by atoms with van der Waals surface area (Å²) in [5.41, 5.74) is 0. The number of anilines is 1. The predicted molar refractivity (Wildman–Crippen MR) is 50.9 cm³/mol. The average Bonchev–Trinajstić information content (AvgIpc) is 2.47. The van der Waals surface area contributed by atoms with E-state index in [0.717, 1.165) is 26.2 Å². The Morgan fingerprint density at radius 2 is 1.93 bits per heavy atom. The minimum atomic E-state index is -0.563. The van der Waals surface area contributed by atoms with Crippen LogP contribution >= 0.6 is 0 Å². The first-order chi connectivity index (χ1) is 6.66. The van der Waals surface area contributed by atoms with Crippen molar-refractivity contribution in [1.29, 1.82) is 0 Å². The molecule has 0 amide bonds. The quantitative estimate of drug-likeness (QED) is 0.672. The number of oxazole rings is 1. The van der Waals surface area contributed by atoms with Crippen molar-refractivity contribution in [3.05, 3.63) is 11.9 Å². The second-order valence-electron chi connectivity index (χ2n) is 3.62. The van der Waals surface area contributed by atoms with Crippen LogP contribution in [0.2, 0.25) is 0 Å². The van der Waals surface area contributed by atoms with Crippen LogP contribution in [0.1, 0.15) is 5.89 Å². The van der Waals surface area contributed by atoms with Crippen molar-refractivity contribution >= 4 is 5.82 Å². The van der Waals surface area contributed by atoms with E-state index in [1.807, 2.05) is 4.90 Å². The zero-order chi connectivity index (χ0) is 10.1. The van der Waals surface area contributed by atoms with Crippen molar-refractivity contribution < 1.29 is 8.81 Å². The molecule has 1 aliphatic heterocycles. The molecule has 0 radical (unpaired) electrons. The molecule has 0 saturated carbocycles. The van der Waals surface area contributed by atoms with Crippen molar-refractivity contribution in [1.82, 2.24) is 9.88 Å². The van der Waals surface area contributed by atoms with Gasteiger partial charge in [-0.3, -0.25) is 0 Å². The lowest BCUT2D eigenvalue weighted by molar-refractivity contribution is 0.305. The maximum Gasteiger partial charge on any atom is 0.322 e. The Labute approximate surface area is 82.3 Å². The number of aromatic nitrogens is 1. The monoisotopic (exact) mass is 199 g/mol. The fraction of sp³-hybridized carbons (Fsp3) is 0.667. The summed E-state index contributed by atoms with van der Waals surface area (Å²) < 4.78 is 18.0. The van der Waals surface area contributed by atoms with E-state index < -0.39 is 6.01 Å². The number of likely N-dealkylation sites (N-methyl/N-ethyl adjacent to an activating group) is 1. The van der Waals surface area contributed by atoms with Crippen LogP contribution in [0.25, 0.3) is 0 Å². The Morgan fingerprint density at radius 3 is 2.43 bits per heavy atom. The molecule has 1 saturated heterocycles. The molecule has 0 atom stereocenters. The fourth-order valence-corrected chi connectivity index (χ4v) is 1.60. The molecule has 2 heterocycles. The normalized spacial score (nSPS) is 18.9. The van der Waals surface area contributed by atoms with Gasteiger partial charge in [-0.25, -0.2) is 0 Å². The maximum atomic E-state index is 13.2. The van der Waals surface area contributed by atoms with E-state index in [0.29, 0.717) is 11.7 Å². The molecule has 0 unspecified atom stereocenters. The van der Waals surface area contributed by atoms with E-state index in [2.05, 4.69) is 16.9 Å². The molecule has 1 fully saturated rings. The number of piperazine rings is 1. The summed E-state index contributed by atoms with van der Waals surface area (Å²) in [5, 5.41) is 0. The summed E-state index contributed by atoms with van der Waals surface area (Å²) in [6.45, 7) is 5.14. The zero-order valence-corrected chi connectivity index (χ0v) is 8.46. The van der Waals surface area contributed by atoms with E-state index >= 15 is 0 Å². The average molecular weight is 199 g/mol. The van der Waals surface area contributed by atoms with Gasteiger partial charge in [0.15, 0.2) is 5.89 Å². The third kappa shape index (κ3) is 1.72. The molecule has 1 aromatic rings. The summed E-state index contributed by atoms with van der Waals surface area (Å²) in [7, 11) is 2.06. The number of rotatable bonds is 1. The van der Waals surface area contributed by atoms with Gasteiger partial charge in [-0.05, 0) is 7.05 Å². The van der Waals surface area contributed by atoms with Gasteiger partial charge < -0.3 is 14.2 Å². The van der Waals surface area contributed by atoms with Crippen LogP contribution in [0.3, 0.4) is 0 Å². The number of nitrogens with zero attached hydrogens (tertiary/aromatic N) is 3. The Kier molecular flexibility index (Phi) is 2.41. The lowest BCUT2D eigenvalue weighted by Crippen LogP contribution is -2.44. The van der Waals surface area contributed by atoms with Gasteiger partial charge >= 0.3 is 6.01 Å². The van der Waals surface area contributed by atoms with Crippen LogP contribution in [-0.2, 0) is 0 Å². The SMILES string of the molecule is Cc1nc(N2CCN(C)CC2)c(F)o1. The highest BCUT2D eigenvalue weighted by Gasteiger charge is 2.21. The van der Waals surface area contributed by atoms with E-state index in [9.17, 15) is 4.39 Å². The van der Waals surface area contributed by atoms with Crippen molar-refractivity contribution in [3.63, 3.8) is 0 Å². The van der Waals surface area contributed by atoms with Crippen molar-refractivity contribution in [2.45, 2.75) is 6.92 Å². The zero-order valence-electron chi connectivity index (χ0n) is 8.46. The molecule has 1 aromatic heterocycles. The molecule has 2 rings (SSSR count). The van der Waals surface area contributed by atoms with Gasteiger partial charge in [0.2, 0.25) is 5.82 Å². The highest BCUT2D eigenvalue weighted by molar-refractivity contribution is 5.37. The maximum absolute atomic E-state index is 13.2. The number of aryl methyl sites for hydroxylation is 1. The highest BCUT2D eigenvalue weighted by Crippen LogP contribution is 2.19. The molecule has 0 spiro atoms. The Bertz CT molecular complexity index is 318. The van der Waals surface area contributed by atoms with Crippen molar-refractivity contribution in [3.8, 4) is 0 Å². The predicted octanol–water partition coefficient (Wildman–Crippen LogP) is 0.874. The molecule has 4 nitrogen and oxygen atoms in total. The first-order valence-electron chi connectivity index (χ1n) is 4.73. The molecule has 0 bridgehead atoms. The molecule has 14 heavy (non-hydrogen) atoms. The van der Waals surface area contributed by atoms with Crippen LogP contribution < -0.4 is 4.90 Å².